The highest BCUT2D eigenvalue weighted by atomic mass is 16.7. The Bertz CT molecular complexity index is 208. The van der Waals surface area contributed by atoms with Crippen LogP contribution in [0, 0.1) is 5.92 Å². The van der Waals surface area contributed by atoms with Crippen molar-refractivity contribution in [3.63, 3.8) is 0 Å². The monoisotopic (exact) mass is 242 g/mol. The zero-order valence-corrected chi connectivity index (χ0v) is 11.0. The lowest BCUT2D eigenvalue weighted by Crippen LogP contribution is -2.30. The van der Waals surface area contributed by atoms with Crippen molar-refractivity contribution < 1.29 is 9.47 Å². The van der Waals surface area contributed by atoms with Gasteiger partial charge in [-0.2, -0.15) is 0 Å². The second kappa shape index (κ2) is 7.31. The lowest BCUT2D eigenvalue weighted by atomic mass is 10.1. The molecule has 0 aromatic carbocycles. The normalized spacial score (nSPS) is 30.9. The highest BCUT2D eigenvalue weighted by Gasteiger charge is 2.22. The quantitative estimate of drug-likeness (QED) is 0.755. The zero-order chi connectivity index (χ0) is 11.9. The molecule has 2 aliphatic rings. The number of ether oxygens (including phenoxy) is 2. The summed E-state index contributed by atoms with van der Waals surface area (Å²) in [6.07, 6.45) is 4.90. The molecule has 1 N–H and O–H groups in total. The molecule has 0 bridgehead atoms. The van der Waals surface area contributed by atoms with Crippen LogP contribution in [0.3, 0.4) is 0 Å². The Morgan fingerprint density at radius 3 is 3.06 bits per heavy atom. The molecule has 100 valence electrons. The van der Waals surface area contributed by atoms with Crippen molar-refractivity contribution in [3.05, 3.63) is 0 Å². The Morgan fingerprint density at radius 2 is 2.29 bits per heavy atom. The Hall–Kier alpha value is -0.160. The van der Waals surface area contributed by atoms with E-state index in [2.05, 4.69) is 10.2 Å². The van der Waals surface area contributed by atoms with Gasteiger partial charge in [-0.15, -0.1) is 0 Å². The van der Waals surface area contributed by atoms with E-state index < -0.39 is 0 Å². The first-order valence-corrected chi connectivity index (χ1v) is 6.98. The van der Waals surface area contributed by atoms with Gasteiger partial charge in [0.2, 0.25) is 0 Å². The van der Waals surface area contributed by atoms with Gasteiger partial charge >= 0.3 is 0 Å². The fourth-order valence-corrected chi connectivity index (χ4v) is 2.73. The first kappa shape index (κ1) is 13.3. The van der Waals surface area contributed by atoms with E-state index in [-0.39, 0.29) is 6.29 Å². The van der Waals surface area contributed by atoms with Crippen LogP contribution in [0.2, 0.25) is 0 Å². The molecular weight excluding hydrogens is 216 g/mol. The van der Waals surface area contributed by atoms with Crippen LogP contribution in [0.15, 0.2) is 0 Å². The number of nitrogens with one attached hydrogen (secondary N) is 1. The van der Waals surface area contributed by atoms with Gasteiger partial charge in [0, 0.05) is 19.7 Å². The van der Waals surface area contributed by atoms with Crippen molar-refractivity contribution in [2.24, 2.45) is 5.92 Å². The van der Waals surface area contributed by atoms with Gasteiger partial charge in [0.25, 0.3) is 0 Å². The van der Waals surface area contributed by atoms with Crippen LogP contribution in [-0.2, 0) is 9.47 Å². The van der Waals surface area contributed by atoms with Crippen LogP contribution >= 0.6 is 0 Å². The molecule has 0 aromatic heterocycles. The molecule has 2 heterocycles. The number of hydrogen-bond donors (Lipinski definition) is 1. The van der Waals surface area contributed by atoms with Crippen LogP contribution < -0.4 is 5.32 Å². The molecule has 2 aliphatic heterocycles. The third-order valence-corrected chi connectivity index (χ3v) is 3.71. The molecule has 2 atom stereocenters. The Morgan fingerprint density at radius 1 is 1.35 bits per heavy atom. The molecule has 0 radical (unpaired) electrons. The summed E-state index contributed by atoms with van der Waals surface area (Å²) in [7, 11) is 2.03. The topological polar surface area (TPSA) is 33.7 Å². The maximum absolute atomic E-state index is 5.76. The van der Waals surface area contributed by atoms with Gasteiger partial charge in [-0.05, 0) is 51.7 Å². The highest BCUT2D eigenvalue weighted by molar-refractivity contribution is 4.76. The second-order valence-electron chi connectivity index (χ2n) is 5.18. The number of likely N-dealkylation sites (tertiary alicyclic amines) is 1. The predicted molar refractivity (Wildman–Crippen MR) is 68.0 cm³/mol. The lowest BCUT2D eigenvalue weighted by molar-refractivity contribution is -0.163. The molecular formula is C13H26N2O2. The fraction of sp³-hybridized carbons (Fsp3) is 1.00. The summed E-state index contributed by atoms with van der Waals surface area (Å²) in [5.74, 6) is 0.825. The third kappa shape index (κ3) is 4.54. The van der Waals surface area contributed by atoms with Crippen molar-refractivity contribution in [2.45, 2.75) is 32.0 Å². The van der Waals surface area contributed by atoms with Gasteiger partial charge in [0.1, 0.15) is 0 Å². The summed E-state index contributed by atoms with van der Waals surface area (Å²) in [4.78, 5) is 2.50. The van der Waals surface area contributed by atoms with E-state index in [4.69, 9.17) is 9.47 Å². The van der Waals surface area contributed by atoms with Gasteiger partial charge in [-0.25, -0.2) is 0 Å². The standard InChI is InChI=1S/C13H26N2O2/c1-14-10-12-5-6-15(11-12)7-9-17-13-4-2-3-8-16-13/h12-14H,2-11H2,1H3. The van der Waals surface area contributed by atoms with E-state index in [1.165, 1.54) is 32.4 Å². The average Bonchev–Trinajstić information content (AvgIpc) is 2.79. The number of rotatable bonds is 6. The second-order valence-corrected chi connectivity index (χ2v) is 5.18. The minimum Gasteiger partial charge on any atom is -0.353 e. The van der Waals surface area contributed by atoms with Crippen molar-refractivity contribution in [2.75, 3.05) is 46.4 Å². The fourth-order valence-electron chi connectivity index (χ4n) is 2.73. The van der Waals surface area contributed by atoms with Crippen LogP contribution in [-0.4, -0.2) is 57.6 Å². The minimum atomic E-state index is 0.0689. The van der Waals surface area contributed by atoms with Crippen LogP contribution in [0.4, 0.5) is 0 Å². The van der Waals surface area contributed by atoms with Crippen LogP contribution in [0.5, 0.6) is 0 Å². The zero-order valence-electron chi connectivity index (χ0n) is 11.0. The molecule has 0 saturated carbocycles. The molecule has 17 heavy (non-hydrogen) atoms. The van der Waals surface area contributed by atoms with Gasteiger partial charge in [-0.1, -0.05) is 0 Å². The van der Waals surface area contributed by atoms with Crippen LogP contribution in [0.1, 0.15) is 25.7 Å². The highest BCUT2D eigenvalue weighted by Crippen LogP contribution is 2.16. The van der Waals surface area contributed by atoms with Gasteiger partial charge < -0.3 is 19.7 Å². The van der Waals surface area contributed by atoms with Crippen molar-refractivity contribution in [3.8, 4) is 0 Å². The van der Waals surface area contributed by atoms with E-state index in [9.17, 15) is 0 Å². The molecule has 0 spiro atoms. The maximum atomic E-state index is 5.76. The summed E-state index contributed by atoms with van der Waals surface area (Å²) >= 11 is 0. The first-order chi connectivity index (χ1) is 8.38. The molecule has 2 rings (SSSR count). The number of hydrogen-bond acceptors (Lipinski definition) is 4. The molecule has 4 heteroatoms. The van der Waals surface area contributed by atoms with E-state index in [1.807, 2.05) is 7.05 Å². The van der Waals surface area contributed by atoms with E-state index in [0.717, 1.165) is 38.6 Å². The van der Waals surface area contributed by atoms with Gasteiger partial charge in [-0.3, -0.25) is 0 Å². The third-order valence-electron chi connectivity index (χ3n) is 3.71. The summed E-state index contributed by atoms with van der Waals surface area (Å²) in [5, 5.41) is 3.26. The average molecular weight is 242 g/mol. The summed E-state index contributed by atoms with van der Waals surface area (Å²) in [5.41, 5.74) is 0. The smallest absolute Gasteiger partial charge is 0.157 e. The molecule has 0 aliphatic carbocycles. The van der Waals surface area contributed by atoms with E-state index in [1.54, 1.807) is 0 Å². The summed E-state index contributed by atoms with van der Waals surface area (Å²) < 4.78 is 11.3. The molecule has 2 fully saturated rings. The van der Waals surface area contributed by atoms with E-state index in [0.29, 0.717) is 0 Å². The molecule has 4 nitrogen and oxygen atoms in total. The number of nitrogens with zero attached hydrogens (tertiary/aromatic N) is 1. The van der Waals surface area contributed by atoms with Crippen molar-refractivity contribution in [1.82, 2.24) is 10.2 Å². The largest absolute Gasteiger partial charge is 0.353 e. The Kier molecular flexibility index (Phi) is 5.71. The van der Waals surface area contributed by atoms with Crippen molar-refractivity contribution >= 4 is 0 Å². The first-order valence-electron chi connectivity index (χ1n) is 6.98. The van der Waals surface area contributed by atoms with Gasteiger partial charge in [0.05, 0.1) is 6.61 Å². The maximum Gasteiger partial charge on any atom is 0.157 e. The Labute approximate surface area is 105 Å². The van der Waals surface area contributed by atoms with Gasteiger partial charge in [0.15, 0.2) is 6.29 Å². The molecule has 0 aromatic rings. The molecule has 2 unspecified atom stereocenters. The summed E-state index contributed by atoms with van der Waals surface area (Å²) in [6, 6.07) is 0. The Balaban J connectivity index is 1.53. The molecule has 0 amide bonds. The minimum absolute atomic E-state index is 0.0689. The summed E-state index contributed by atoms with van der Waals surface area (Å²) in [6.45, 7) is 6.33. The van der Waals surface area contributed by atoms with E-state index >= 15 is 0 Å². The predicted octanol–water partition coefficient (Wildman–Crippen LogP) is 1.07. The SMILES string of the molecule is CNCC1CCN(CCOC2CCCCO2)C1. The molecule has 2 saturated heterocycles. The van der Waals surface area contributed by atoms with Crippen molar-refractivity contribution in [1.29, 1.82) is 0 Å². The van der Waals surface area contributed by atoms with Crippen LogP contribution in [0.25, 0.3) is 0 Å². The lowest BCUT2D eigenvalue weighted by Gasteiger charge is -2.24.